The Labute approximate surface area is 394 Å². The number of aromatic nitrogens is 6. The van der Waals surface area contributed by atoms with E-state index in [0.29, 0.717) is 84.1 Å². The Kier molecular flexibility index (Phi) is 13.3. The maximum atomic E-state index is 14.6. The number of rotatable bonds is 15. The van der Waals surface area contributed by atoms with Crippen LogP contribution < -0.4 is 44.7 Å². The van der Waals surface area contributed by atoms with Crippen LogP contribution in [0.15, 0.2) is 73.1 Å². The monoisotopic (exact) mass is 978 g/mol. The number of piperazine rings is 2. The first kappa shape index (κ1) is 47.7. The number of anilines is 4. The van der Waals surface area contributed by atoms with E-state index in [1.54, 1.807) is 26.0 Å². The lowest BCUT2D eigenvalue weighted by molar-refractivity contribution is -0.275. The van der Waals surface area contributed by atoms with Gasteiger partial charge in [-0.25, -0.2) is 19.9 Å². The molecule has 3 saturated heterocycles. The highest BCUT2D eigenvalue weighted by molar-refractivity contribution is 6.03. The molecule has 368 valence electrons. The minimum atomic E-state index is -5.02. The molecule has 3 fully saturated rings. The maximum Gasteiger partial charge on any atom is 0.573 e. The van der Waals surface area contributed by atoms with Crippen molar-refractivity contribution < 1.29 is 60.0 Å². The van der Waals surface area contributed by atoms with Crippen LogP contribution in [0.5, 0.6) is 23.0 Å². The fourth-order valence-electron chi connectivity index (χ4n) is 8.48. The normalized spacial score (nSPS) is 18.2. The molecule has 4 unspecified atom stereocenters. The zero-order valence-corrected chi connectivity index (χ0v) is 37.3. The van der Waals surface area contributed by atoms with Gasteiger partial charge in [0, 0.05) is 68.7 Å². The molecule has 7 heterocycles. The Balaban J connectivity index is 1.03. The lowest BCUT2D eigenvalue weighted by atomic mass is 10.1. The summed E-state index contributed by atoms with van der Waals surface area (Å²) in [6.45, 7) is 8.27. The number of aryl methyl sites for hydroxylation is 2. The van der Waals surface area contributed by atoms with Gasteiger partial charge < -0.3 is 49.8 Å². The molecule has 4 N–H and O–H groups in total. The molecular weight excluding hydrogens is 935 g/mol. The number of halogens is 6. The van der Waals surface area contributed by atoms with E-state index >= 15 is 0 Å². The minimum Gasteiger partial charge on any atom is -0.476 e. The van der Waals surface area contributed by atoms with Crippen LogP contribution >= 0.6 is 0 Å². The summed E-state index contributed by atoms with van der Waals surface area (Å²) in [6.07, 6.45) is -10.4. The fraction of sp³-hybridized carbons (Fsp3) is 0.378. The second-order valence-corrected chi connectivity index (χ2v) is 16.7. The lowest BCUT2D eigenvalue weighted by Gasteiger charge is -2.34. The van der Waals surface area contributed by atoms with Gasteiger partial charge in [-0.15, -0.1) is 26.3 Å². The summed E-state index contributed by atoms with van der Waals surface area (Å²) >= 11 is 0. The summed E-state index contributed by atoms with van der Waals surface area (Å²) in [6, 6.07) is 11.7. The van der Waals surface area contributed by atoms with E-state index in [1.165, 1.54) is 12.4 Å². The van der Waals surface area contributed by atoms with Crippen molar-refractivity contribution in [2.45, 2.75) is 57.3 Å². The number of nitrogens with one attached hydrogen (secondary N) is 3. The largest absolute Gasteiger partial charge is 0.573 e. The van der Waals surface area contributed by atoms with Crippen LogP contribution in [0.3, 0.4) is 0 Å². The Bertz CT molecular complexity index is 2870. The first-order valence-corrected chi connectivity index (χ1v) is 22.0. The summed E-state index contributed by atoms with van der Waals surface area (Å²) in [5.41, 5.74) is 1.95. The number of aliphatic hydroxyl groups excluding tert-OH is 1. The van der Waals surface area contributed by atoms with Crippen LogP contribution in [0.4, 0.5) is 49.6 Å². The van der Waals surface area contributed by atoms with Crippen molar-refractivity contribution in [1.29, 1.82) is 0 Å². The number of carbonyl (C=O) groups is 2. The Morgan fingerprint density at radius 3 is 1.63 bits per heavy atom. The van der Waals surface area contributed by atoms with E-state index in [1.807, 2.05) is 4.90 Å². The van der Waals surface area contributed by atoms with Crippen LogP contribution in [0.25, 0.3) is 22.1 Å². The molecule has 6 aromatic rings. The average molecular weight is 979 g/mol. The van der Waals surface area contributed by atoms with E-state index in [-0.39, 0.29) is 35.5 Å². The van der Waals surface area contributed by atoms with E-state index < -0.39 is 48.2 Å². The van der Waals surface area contributed by atoms with Crippen molar-refractivity contribution in [2.75, 3.05) is 72.9 Å². The topological polar surface area (TPSA) is 214 Å². The van der Waals surface area contributed by atoms with Crippen molar-refractivity contribution in [3.63, 3.8) is 0 Å². The van der Waals surface area contributed by atoms with Crippen molar-refractivity contribution >= 4 is 57.2 Å². The smallest absolute Gasteiger partial charge is 0.476 e. The molecule has 0 radical (unpaired) electrons. The van der Waals surface area contributed by atoms with E-state index in [9.17, 15) is 41.0 Å². The predicted molar refractivity (Wildman–Crippen MR) is 240 cm³/mol. The predicted octanol–water partition coefficient (Wildman–Crippen LogP) is 4.91. The van der Waals surface area contributed by atoms with Crippen molar-refractivity contribution in [3.05, 3.63) is 84.4 Å². The van der Waals surface area contributed by atoms with Crippen LogP contribution in [-0.4, -0.2) is 141 Å². The highest BCUT2D eigenvalue weighted by Crippen LogP contribution is 2.32. The number of aliphatic hydroxyl groups is 1. The number of hydrogen-bond acceptors (Lipinski definition) is 17. The van der Waals surface area contributed by atoms with Crippen LogP contribution in [0, 0.1) is 13.8 Å². The molecule has 0 spiro atoms. The standard InChI is InChI=1S/C45H44F6N12O7/c1-24-34-18-26(20-53-38(34)59-42(55-24)62-13-11-61(12-14-62)15-16-64)57-40(65)36(67-30-3-7-32(8-4-30)69-44(46,47)48)37(68-31-5-9-33(10-6-31)70-45(49,50)51)41(66)58-27-19-35-25(2)56-43(60-39(35)54-21-27)63-23-28-17-29(63)22-52-28/h3-10,18-21,28-29,36-37,52,64H,11-17,22-23H2,1-2H3,(H,57,65)(H,58,66). The SMILES string of the molecule is Cc1nc(N2CCN(CCO)CC2)nc2ncc(NC(=O)C(Oc3ccc(OC(F)(F)F)cc3)C(Oc3ccc(OC(F)(F)F)cc3)C(=O)Nc3cnc4nc(N5CC6CC5CN6)nc(C)c4c3)cc12. The molecule has 9 rings (SSSR count). The zero-order chi connectivity index (χ0) is 49.3. The average Bonchev–Trinajstić information content (AvgIpc) is 3.96. The Hall–Kier alpha value is -7.38. The molecule has 3 aliphatic heterocycles. The van der Waals surface area contributed by atoms with Crippen LogP contribution in [0.2, 0.25) is 0 Å². The van der Waals surface area contributed by atoms with Gasteiger partial charge in [0.25, 0.3) is 11.8 Å². The van der Waals surface area contributed by atoms with Gasteiger partial charge in [-0.1, -0.05) is 0 Å². The van der Waals surface area contributed by atoms with Gasteiger partial charge in [0.1, 0.15) is 23.0 Å². The number of amides is 2. The van der Waals surface area contributed by atoms with Crippen molar-refractivity contribution in [2.24, 2.45) is 0 Å². The van der Waals surface area contributed by atoms with Gasteiger partial charge in [-0.05, 0) is 80.9 Å². The third kappa shape index (κ3) is 11.2. The van der Waals surface area contributed by atoms with Gasteiger partial charge in [0.05, 0.1) is 41.8 Å². The van der Waals surface area contributed by atoms with Crippen LogP contribution in [-0.2, 0) is 9.59 Å². The molecule has 2 bridgehead atoms. The van der Waals surface area contributed by atoms with Crippen LogP contribution in [0.1, 0.15) is 17.8 Å². The van der Waals surface area contributed by atoms with Gasteiger partial charge in [-0.3, -0.25) is 14.5 Å². The van der Waals surface area contributed by atoms with E-state index in [4.69, 9.17) is 14.5 Å². The molecule has 4 atom stereocenters. The van der Waals surface area contributed by atoms with Gasteiger partial charge in [-0.2, -0.15) is 9.97 Å². The molecule has 4 aromatic heterocycles. The number of alkyl halides is 6. The van der Waals surface area contributed by atoms with Gasteiger partial charge in [0.2, 0.25) is 24.1 Å². The van der Waals surface area contributed by atoms with Gasteiger partial charge in [0.15, 0.2) is 11.3 Å². The number of hydrogen-bond donors (Lipinski definition) is 4. The maximum absolute atomic E-state index is 14.6. The molecule has 19 nitrogen and oxygen atoms in total. The Morgan fingerprint density at radius 1 is 0.714 bits per heavy atom. The number of carbonyl (C=O) groups excluding carboxylic acids is 2. The number of nitrogens with zero attached hydrogens (tertiary/aromatic N) is 9. The highest BCUT2D eigenvalue weighted by atomic mass is 19.4. The number of pyridine rings is 2. The minimum absolute atomic E-state index is 0.0475. The first-order valence-electron chi connectivity index (χ1n) is 22.0. The second kappa shape index (κ2) is 19.6. The molecule has 70 heavy (non-hydrogen) atoms. The second-order valence-electron chi connectivity index (χ2n) is 16.7. The molecule has 0 saturated carbocycles. The third-order valence-electron chi connectivity index (χ3n) is 11.8. The molecule has 3 aliphatic rings. The number of benzene rings is 2. The summed E-state index contributed by atoms with van der Waals surface area (Å²) in [4.78, 5) is 63.1. The molecule has 2 aromatic carbocycles. The number of ether oxygens (including phenoxy) is 4. The third-order valence-corrected chi connectivity index (χ3v) is 11.8. The van der Waals surface area contributed by atoms with E-state index in [0.717, 1.165) is 68.0 Å². The molecule has 25 heteroatoms. The quantitative estimate of drug-likeness (QED) is 0.101. The molecule has 2 amide bonds. The molecular formula is C45H44F6N12O7. The summed E-state index contributed by atoms with van der Waals surface area (Å²) in [7, 11) is 0. The summed E-state index contributed by atoms with van der Waals surface area (Å²) < 4.78 is 98.5. The fourth-order valence-corrected chi connectivity index (χ4v) is 8.48. The van der Waals surface area contributed by atoms with Gasteiger partial charge >= 0.3 is 12.7 Å². The summed E-state index contributed by atoms with van der Waals surface area (Å²) in [5.74, 6) is -2.73. The molecule has 0 aliphatic carbocycles. The number of fused-ring (bicyclic) bond motifs is 4. The highest BCUT2D eigenvalue weighted by Gasteiger charge is 2.41. The first-order chi connectivity index (χ1) is 33.4. The zero-order valence-electron chi connectivity index (χ0n) is 37.3. The van der Waals surface area contributed by atoms with Crippen molar-refractivity contribution in [3.8, 4) is 23.0 Å². The Morgan fingerprint density at radius 2 is 1.19 bits per heavy atom. The van der Waals surface area contributed by atoms with Crippen molar-refractivity contribution in [1.82, 2.24) is 40.1 Å². The summed E-state index contributed by atoms with van der Waals surface area (Å²) in [5, 5.41) is 19.1. The van der Waals surface area contributed by atoms with E-state index in [2.05, 4.69) is 60.1 Å². The number of β-amino-alcohol motifs (C(OH)–C–C–N with tert-alkyl or cyclic N) is 1. The lowest BCUT2D eigenvalue weighted by Crippen LogP contribution is -2.51.